The quantitative estimate of drug-likeness (QED) is 0.903. The van der Waals surface area contributed by atoms with E-state index < -0.39 is 0 Å². The zero-order valence-corrected chi connectivity index (χ0v) is 14.6. The monoisotopic (exact) mass is 332 g/mol. The van der Waals surface area contributed by atoms with Crippen LogP contribution in [0.1, 0.15) is 35.5 Å². The molecule has 0 spiro atoms. The first-order valence-corrected chi connectivity index (χ1v) is 8.00. The van der Waals surface area contributed by atoms with Crippen LogP contribution >= 0.6 is 11.6 Å². The zero-order valence-electron chi connectivity index (χ0n) is 13.9. The minimum absolute atomic E-state index is 0.261. The normalized spacial score (nSPS) is 10.5. The zero-order chi connectivity index (χ0) is 17.0. The van der Waals surface area contributed by atoms with Crippen molar-refractivity contribution in [3.05, 3.63) is 46.1 Å². The van der Waals surface area contributed by atoms with E-state index in [4.69, 9.17) is 11.6 Å². The lowest BCUT2D eigenvalue weighted by Crippen LogP contribution is -2.24. The van der Waals surface area contributed by atoms with Crippen LogP contribution in [0.2, 0.25) is 5.02 Å². The minimum Gasteiger partial charge on any atom is -0.356 e. The van der Waals surface area contributed by atoms with Gasteiger partial charge in [0.2, 0.25) is 0 Å². The Morgan fingerprint density at radius 3 is 2.39 bits per heavy atom. The fourth-order valence-corrected chi connectivity index (χ4v) is 2.78. The molecule has 0 radical (unpaired) electrons. The van der Waals surface area contributed by atoms with Crippen LogP contribution in [0.3, 0.4) is 0 Å². The van der Waals surface area contributed by atoms with Gasteiger partial charge in [-0.1, -0.05) is 17.7 Å². The second kappa shape index (κ2) is 7.42. The van der Waals surface area contributed by atoms with Gasteiger partial charge in [0.15, 0.2) is 11.5 Å². The van der Waals surface area contributed by atoms with Crippen LogP contribution in [0, 0.1) is 13.8 Å². The van der Waals surface area contributed by atoms with E-state index in [1.54, 1.807) is 12.1 Å². The molecule has 0 unspecified atom stereocenters. The molecular formula is C17H21ClN4O. The second-order valence-electron chi connectivity index (χ2n) is 5.34. The van der Waals surface area contributed by atoms with Crippen molar-refractivity contribution in [2.24, 2.45) is 0 Å². The Morgan fingerprint density at radius 1 is 1.17 bits per heavy atom. The van der Waals surface area contributed by atoms with Gasteiger partial charge in [0.25, 0.3) is 5.91 Å². The molecular weight excluding hydrogens is 312 g/mol. The highest BCUT2D eigenvalue weighted by atomic mass is 35.5. The van der Waals surface area contributed by atoms with Gasteiger partial charge in [-0.15, -0.1) is 10.2 Å². The van der Waals surface area contributed by atoms with E-state index in [9.17, 15) is 4.79 Å². The average molecular weight is 333 g/mol. The summed E-state index contributed by atoms with van der Waals surface area (Å²) in [5, 5.41) is 11.5. The van der Waals surface area contributed by atoms with Crippen molar-refractivity contribution in [2.75, 3.05) is 23.3 Å². The van der Waals surface area contributed by atoms with Crippen molar-refractivity contribution in [2.45, 2.75) is 27.7 Å². The number of rotatable bonds is 5. The van der Waals surface area contributed by atoms with E-state index in [1.165, 1.54) is 0 Å². The molecule has 1 N–H and O–H groups in total. The molecule has 0 aliphatic heterocycles. The van der Waals surface area contributed by atoms with Gasteiger partial charge in [0, 0.05) is 13.1 Å². The van der Waals surface area contributed by atoms with Gasteiger partial charge in [-0.2, -0.15) is 0 Å². The molecule has 1 aromatic carbocycles. The Morgan fingerprint density at radius 2 is 1.87 bits per heavy atom. The summed E-state index contributed by atoms with van der Waals surface area (Å²) < 4.78 is 0. The number of carbonyl (C=O) groups excluding carboxylic acids is 1. The third-order valence-electron chi connectivity index (χ3n) is 3.64. The molecule has 0 aliphatic carbocycles. The topological polar surface area (TPSA) is 58.1 Å². The van der Waals surface area contributed by atoms with Crippen molar-refractivity contribution in [3.63, 3.8) is 0 Å². The van der Waals surface area contributed by atoms with E-state index in [0.717, 1.165) is 30.0 Å². The number of aromatic nitrogens is 2. The molecule has 2 rings (SSSR count). The molecule has 122 valence electrons. The number of anilines is 2. The Kier molecular flexibility index (Phi) is 5.55. The lowest BCUT2D eigenvalue weighted by Gasteiger charge is -2.18. The summed E-state index contributed by atoms with van der Waals surface area (Å²) in [7, 11) is 0. The van der Waals surface area contributed by atoms with Crippen LogP contribution < -0.4 is 10.2 Å². The average Bonchev–Trinajstić information content (AvgIpc) is 2.52. The van der Waals surface area contributed by atoms with Crippen molar-refractivity contribution >= 4 is 29.0 Å². The highest BCUT2D eigenvalue weighted by molar-refractivity contribution is 6.34. The molecule has 0 aliphatic rings. The van der Waals surface area contributed by atoms with E-state index in [0.29, 0.717) is 10.7 Å². The summed E-state index contributed by atoms with van der Waals surface area (Å²) in [5.41, 5.74) is 2.83. The number of benzene rings is 1. The molecule has 23 heavy (non-hydrogen) atoms. The Balaban J connectivity index is 2.19. The van der Waals surface area contributed by atoms with Gasteiger partial charge in [-0.05, 0) is 57.0 Å². The highest BCUT2D eigenvalue weighted by Gasteiger charge is 2.14. The first-order valence-electron chi connectivity index (χ1n) is 7.63. The van der Waals surface area contributed by atoms with Crippen molar-refractivity contribution in [1.29, 1.82) is 0 Å². The molecule has 0 fully saturated rings. The van der Waals surface area contributed by atoms with Crippen molar-refractivity contribution in [3.8, 4) is 0 Å². The minimum atomic E-state index is -0.322. The number of nitrogens with one attached hydrogen (secondary N) is 1. The van der Waals surface area contributed by atoms with Crippen LogP contribution in [-0.2, 0) is 0 Å². The largest absolute Gasteiger partial charge is 0.356 e. The van der Waals surface area contributed by atoms with Gasteiger partial charge < -0.3 is 10.2 Å². The van der Waals surface area contributed by atoms with Crippen molar-refractivity contribution in [1.82, 2.24) is 10.2 Å². The van der Waals surface area contributed by atoms with Crippen LogP contribution in [0.15, 0.2) is 24.3 Å². The summed E-state index contributed by atoms with van der Waals surface area (Å²) in [6.07, 6.45) is 0. The molecule has 0 saturated carbocycles. The molecule has 1 heterocycles. The maximum absolute atomic E-state index is 12.3. The van der Waals surface area contributed by atoms with Crippen LogP contribution in [-0.4, -0.2) is 29.2 Å². The predicted octanol–water partition coefficient (Wildman–Crippen LogP) is 3.85. The van der Waals surface area contributed by atoms with Crippen molar-refractivity contribution < 1.29 is 4.79 Å². The predicted molar refractivity (Wildman–Crippen MR) is 94.5 cm³/mol. The molecule has 0 bridgehead atoms. The Hall–Kier alpha value is -2.14. The molecule has 1 amide bonds. The van der Waals surface area contributed by atoms with Gasteiger partial charge in [0.1, 0.15) is 0 Å². The lowest BCUT2D eigenvalue weighted by molar-refractivity contribution is 0.102. The molecule has 6 heteroatoms. The van der Waals surface area contributed by atoms with Crippen LogP contribution in [0.4, 0.5) is 11.5 Å². The summed E-state index contributed by atoms with van der Waals surface area (Å²) in [4.78, 5) is 14.4. The fraction of sp³-hybridized carbons (Fsp3) is 0.353. The summed E-state index contributed by atoms with van der Waals surface area (Å²) >= 11 is 6.21. The van der Waals surface area contributed by atoms with Gasteiger partial charge in [-0.3, -0.25) is 4.79 Å². The summed E-state index contributed by atoms with van der Waals surface area (Å²) in [6, 6.07) is 7.27. The lowest BCUT2D eigenvalue weighted by atomic mass is 10.1. The van der Waals surface area contributed by atoms with Gasteiger partial charge in [0.05, 0.1) is 10.7 Å². The number of amides is 1. The second-order valence-corrected chi connectivity index (χ2v) is 5.75. The standard InChI is InChI=1S/C17H21ClN4O/c1-5-22(6-2)15-8-7-14(20-21-15)17(23)19-16-12(4)9-11(3)10-13(16)18/h7-10H,5-6H2,1-4H3,(H,19,23). The number of carbonyl (C=O) groups is 1. The molecule has 0 atom stereocenters. The fourth-order valence-electron chi connectivity index (χ4n) is 2.41. The maximum Gasteiger partial charge on any atom is 0.276 e. The first kappa shape index (κ1) is 17.2. The summed E-state index contributed by atoms with van der Waals surface area (Å²) in [6.45, 7) is 9.65. The number of hydrogen-bond donors (Lipinski definition) is 1. The smallest absolute Gasteiger partial charge is 0.276 e. The molecule has 0 saturated heterocycles. The number of halogens is 1. The number of hydrogen-bond acceptors (Lipinski definition) is 4. The third-order valence-corrected chi connectivity index (χ3v) is 3.94. The number of nitrogens with zero attached hydrogens (tertiary/aromatic N) is 3. The molecule has 2 aromatic rings. The third kappa shape index (κ3) is 3.99. The SMILES string of the molecule is CCN(CC)c1ccc(C(=O)Nc2c(C)cc(C)cc2Cl)nn1. The van der Waals surface area contributed by atoms with E-state index in [1.807, 2.05) is 39.8 Å². The van der Waals surface area contributed by atoms with Crippen LogP contribution in [0.25, 0.3) is 0 Å². The molecule has 5 nitrogen and oxygen atoms in total. The van der Waals surface area contributed by atoms with E-state index in [2.05, 4.69) is 20.4 Å². The number of aryl methyl sites for hydroxylation is 2. The van der Waals surface area contributed by atoms with Gasteiger partial charge in [-0.25, -0.2) is 0 Å². The Labute approximate surface area is 141 Å². The first-order chi connectivity index (χ1) is 11.0. The van der Waals surface area contributed by atoms with E-state index >= 15 is 0 Å². The van der Waals surface area contributed by atoms with Gasteiger partial charge >= 0.3 is 0 Å². The molecule has 1 aromatic heterocycles. The Bertz CT molecular complexity index is 673. The van der Waals surface area contributed by atoms with E-state index in [-0.39, 0.29) is 11.6 Å². The van der Waals surface area contributed by atoms with Crippen LogP contribution in [0.5, 0.6) is 0 Å². The highest BCUT2D eigenvalue weighted by Crippen LogP contribution is 2.27. The summed E-state index contributed by atoms with van der Waals surface area (Å²) in [5.74, 6) is 0.438. The maximum atomic E-state index is 12.3.